The smallest absolute Gasteiger partial charge is 0.276 e. The molecule has 8 nitrogen and oxygen atoms in total. The van der Waals surface area contributed by atoms with Crippen LogP contribution in [0.15, 0.2) is 18.5 Å². The lowest BCUT2D eigenvalue weighted by atomic mass is 10.2. The lowest BCUT2D eigenvalue weighted by Gasteiger charge is -2.06. The Hall–Kier alpha value is -2.64. The maximum Gasteiger partial charge on any atom is 0.276 e. The Balaban J connectivity index is 2.08. The van der Waals surface area contributed by atoms with Crippen LogP contribution in [-0.4, -0.2) is 31.4 Å². The van der Waals surface area contributed by atoms with Crippen LogP contribution in [0.5, 0.6) is 0 Å². The standard InChI is InChI=1S/C14H20N6O2/c1-5-20-8-10(7-15-20)16-14(22)11-6-12(19(4)18-11)17-13(21)9(2)3/h6-9H,5H2,1-4H3,(H,16,22)(H,17,21). The Morgan fingerprint density at radius 1 is 1.32 bits per heavy atom. The van der Waals surface area contributed by atoms with Crippen molar-refractivity contribution < 1.29 is 9.59 Å². The van der Waals surface area contributed by atoms with E-state index in [1.165, 1.54) is 4.68 Å². The summed E-state index contributed by atoms with van der Waals surface area (Å²) in [6.45, 7) is 6.28. The number of aryl methyl sites for hydroxylation is 2. The summed E-state index contributed by atoms with van der Waals surface area (Å²) in [5.41, 5.74) is 0.830. The normalized spacial score (nSPS) is 10.8. The SMILES string of the molecule is CCn1cc(NC(=O)c2cc(NC(=O)C(C)C)n(C)n2)cn1. The van der Waals surface area contributed by atoms with Gasteiger partial charge in [-0.05, 0) is 6.92 Å². The first kappa shape index (κ1) is 15.7. The van der Waals surface area contributed by atoms with Crippen molar-refractivity contribution in [3.63, 3.8) is 0 Å². The van der Waals surface area contributed by atoms with Crippen molar-refractivity contribution in [3.8, 4) is 0 Å². The molecule has 0 spiro atoms. The second-order valence-corrected chi connectivity index (χ2v) is 5.22. The second kappa shape index (κ2) is 6.42. The van der Waals surface area contributed by atoms with Crippen molar-refractivity contribution in [2.75, 3.05) is 10.6 Å². The van der Waals surface area contributed by atoms with Gasteiger partial charge in [-0.15, -0.1) is 0 Å². The Kier molecular flexibility index (Phi) is 4.59. The highest BCUT2D eigenvalue weighted by Gasteiger charge is 2.16. The molecule has 2 N–H and O–H groups in total. The monoisotopic (exact) mass is 304 g/mol. The fraction of sp³-hybridized carbons (Fsp3) is 0.429. The average molecular weight is 304 g/mol. The molecule has 2 aromatic heterocycles. The molecule has 118 valence electrons. The van der Waals surface area contributed by atoms with Crippen molar-refractivity contribution in [2.24, 2.45) is 13.0 Å². The van der Waals surface area contributed by atoms with E-state index in [1.54, 1.807) is 44.0 Å². The van der Waals surface area contributed by atoms with Crippen molar-refractivity contribution in [3.05, 3.63) is 24.2 Å². The molecule has 0 fully saturated rings. The molecule has 0 saturated heterocycles. The van der Waals surface area contributed by atoms with Crippen LogP contribution in [0.2, 0.25) is 0 Å². The Morgan fingerprint density at radius 2 is 2.05 bits per heavy atom. The predicted molar refractivity (Wildman–Crippen MR) is 82.5 cm³/mol. The maximum absolute atomic E-state index is 12.2. The third kappa shape index (κ3) is 3.51. The Labute approximate surface area is 128 Å². The van der Waals surface area contributed by atoms with E-state index in [4.69, 9.17) is 0 Å². The largest absolute Gasteiger partial charge is 0.318 e. The van der Waals surface area contributed by atoms with Crippen LogP contribution in [0.3, 0.4) is 0 Å². The first-order chi connectivity index (χ1) is 10.4. The summed E-state index contributed by atoms with van der Waals surface area (Å²) in [7, 11) is 1.67. The molecule has 2 rings (SSSR count). The first-order valence-electron chi connectivity index (χ1n) is 7.09. The van der Waals surface area contributed by atoms with E-state index >= 15 is 0 Å². The van der Waals surface area contributed by atoms with Crippen LogP contribution in [0, 0.1) is 5.92 Å². The summed E-state index contributed by atoms with van der Waals surface area (Å²) >= 11 is 0. The van der Waals surface area contributed by atoms with Crippen molar-refractivity contribution >= 4 is 23.3 Å². The summed E-state index contributed by atoms with van der Waals surface area (Å²) in [5.74, 6) is -0.143. The van der Waals surface area contributed by atoms with Gasteiger partial charge in [-0.2, -0.15) is 10.2 Å². The van der Waals surface area contributed by atoms with Crippen molar-refractivity contribution in [2.45, 2.75) is 27.3 Å². The molecule has 2 aromatic rings. The summed E-state index contributed by atoms with van der Waals surface area (Å²) in [4.78, 5) is 23.9. The number of hydrogen-bond donors (Lipinski definition) is 2. The van der Waals surface area contributed by atoms with Gasteiger partial charge in [0.2, 0.25) is 5.91 Å². The molecular formula is C14H20N6O2. The molecule has 0 saturated carbocycles. The van der Waals surface area contributed by atoms with Gasteiger partial charge < -0.3 is 10.6 Å². The van der Waals surface area contributed by atoms with Gasteiger partial charge in [0.1, 0.15) is 5.82 Å². The van der Waals surface area contributed by atoms with Crippen LogP contribution >= 0.6 is 0 Å². The lowest BCUT2D eigenvalue weighted by molar-refractivity contribution is -0.118. The molecule has 2 heterocycles. The van der Waals surface area contributed by atoms with E-state index < -0.39 is 0 Å². The summed E-state index contributed by atoms with van der Waals surface area (Å²) in [6, 6.07) is 1.54. The van der Waals surface area contributed by atoms with Gasteiger partial charge >= 0.3 is 0 Å². The zero-order valence-electron chi connectivity index (χ0n) is 13.1. The second-order valence-electron chi connectivity index (χ2n) is 5.22. The molecule has 0 atom stereocenters. The molecule has 22 heavy (non-hydrogen) atoms. The molecule has 0 aliphatic carbocycles. The number of anilines is 2. The van der Waals surface area contributed by atoms with E-state index in [0.717, 1.165) is 6.54 Å². The summed E-state index contributed by atoms with van der Waals surface area (Å²) in [5, 5.41) is 13.6. The highest BCUT2D eigenvalue weighted by molar-refractivity contribution is 6.03. The number of carbonyl (C=O) groups is 2. The van der Waals surface area contributed by atoms with Gasteiger partial charge in [-0.3, -0.25) is 19.0 Å². The third-order valence-electron chi connectivity index (χ3n) is 3.10. The summed E-state index contributed by atoms with van der Waals surface area (Å²) in [6.07, 6.45) is 3.31. The molecule has 2 amide bonds. The quantitative estimate of drug-likeness (QED) is 0.875. The van der Waals surface area contributed by atoms with Gasteiger partial charge in [-0.1, -0.05) is 13.8 Å². The topological polar surface area (TPSA) is 93.8 Å². The van der Waals surface area contributed by atoms with Crippen molar-refractivity contribution in [1.29, 1.82) is 0 Å². The van der Waals surface area contributed by atoms with E-state index in [1.807, 2.05) is 6.92 Å². The minimum absolute atomic E-state index is 0.126. The van der Waals surface area contributed by atoms with Crippen LogP contribution in [0.4, 0.5) is 11.5 Å². The molecule has 0 bridgehead atoms. The van der Waals surface area contributed by atoms with E-state index in [9.17, 15) is 9.59 Å². The number of hydrogen-bond acceptors (Lipinski definition) is 4. The molecule has 0 unspecified atom stereocenters. The molecule has 0 aliphatic rings. The fourth-order valence-corrected chi connectivity index (χ4v) is 1.76. The highest BCUT2D eigenvalue weighted by atomic mass is 16.2. The lowest BCUT2D eigenvalue weighted by Crippen LogP contribution is -2.19. The number of nitrogens with one attached hydrogen (secondary N) is 2. The summed E-state index contributed by atoms with van der Waals surface area (Å²) < 4.78 is 3.17. The Morgan fingerprint density at radius 3 is 2.64 bits per heavy atom. The first-order valence-corrected chi connectivity index (χ1v) is 7.09. The Bertz CT molecular complexity index is 685. The number of nitrogens with zero attached hydrogens (tertiary/aromatic N) is 4. The van der Waals surface area contributed by atoms with Crippen LogP contribution < -0.4 is 10.6 Å². The number of carbonyl (C=O) groups excluding carboxylic acids is 2. The zero-order valence-corrected chi connectivity index (χ0v) is 13.1. The fourth-order valence-electron chi connectivity index (χ4n) is 1.76. The molecular weight excluding hydrogens is 284 g/mol. The van der Waals surface area contributed by atoms with Gasteiger partial charge in [-0.25, -0.2) is 0 Å². The van der Waals surface area contributed by atoms with Gasteiger partial charge in [0.05, 0.1) is 11.9 Å². The number of amides is 2. The van der Waals surface area contributed by atoms with Crippen LogP contribution in [0.1, 0.15) is 31.3 Å². The van der Waals surface area contributed by atoms with Gasteiger partial charge in [0.25, 0.3) is 5.91 Å². The number of rotatable bonds is 5. The minimum Gasteiger partial charge on any atom is -0.318 e. The van der Waals surface area contributed by atoms with E-state index in [-0.39, 0.29) is 23.4 Å². The number of aromatic nitrogens is 4. The van der Waals surface area contributed by atoms with Crippen LogP contribution in [0.25, 0.3) is 0 Å². The van der Waals surface area contributed by atoms with E-state index in [0.29, 0.717) is 11.5 Å². The van der Waals surface area contributed by atoms with Gasteiger partial charge in [0, 0.05) is 31.8 Å². The third-order valence-corrected chi connectivity index (χ3v) is 3.10. The van der Waals surface area contributed by atoms with Crippen molar-refractivity contribution in [1.82, 2.24) is 19.6 Å². The van der Waals surface area contributed by atoms with Crippen LogP contribution in [-0.2, 0) is 18.4 Å². The molecule has 8 heteroatoms. The highest BCUT2D eigenvalue weighted by Crippen LogP contribution is 2.13. The molecule has 0 radical (unpaired) electrons. The predicted octanol–water partition coefficient (Wildman–Crippen LogP) is 1.48. The minimum atomic E-state index is -0.351. The molecule has 0 aromatic carbocycles. The maximum atomic E-state index is 12.2. The molecule has 0 aliphatic heterocycles. The zero-order chi connectivity index (χ0) is 16.3. The van der Waals surface area contributed by atoms with Gasteiger partial charge in [0.15, 0.2) is 5.69 Å². The average Bonchev–Trinajstić information content (AvgIpc) is 3.06. The van der Waals surface area contributed by atoms with E-state index in [2.05, 4.69) is 20.8 Å².